The van der Waals surface area contributed by atoms with E-state index in [0.29, 0.717) is 18.4 Å². The van der Waals surface area contributed by atoms with Crippen LogP contribution in [0.4, 0.5) is 0 Å². The first-order chi connectivity index (χ1) is 21.7. The third-order valence-corrected chi connectivity index (χ3v) is 13.7. The van der Waals surface area contributed by atoms with Crippen molar-refractivity contribution in [2.45, 2.75) is 57.2 Å². The molecule has 236 valence electrons. The summed E-state index contributed by atoms with van der Waals surface area (Å²) < 4.78 is 22.1. The van der Waals surface area contributed by atoms with Crippen LogP contribution in [0.2, 0.25) is 18.6 Å². The molecule has 10 nitrogen and oxygen atoms in total. The Morgan fingerprint density at radius 1 is 1.09 bits per heavy atom. The Morgan fingerprint density at radius 3 is 2.58 bits per heavy atom. The molecule has 1 unspecified atom stereocenters. The minimum atomic E-state index is -2.18. The largest absolute Gasteiger partial charge is 0.497 e. The molecule has 5 aromatic rings. The Hall–Kier alpha value is -4.19. The first-order valence-corrected chi connectivity index (χ1v) is 18.5. The van der Waals surface area contributed by atoms with Crippen LogP contribution in [0.25, 0.3) is 16.6 Å². The molecule has 0 radical (unpaired) electrons. The second-order valence-electron chi connectivity index (χ2n) is 12.4. The summed E-state index contributed by atoms with van der Waals surface area (Å²) in [6.45, 7) is 7.72. The molecule has 3 heterocycles. The molecule has 2 aromatic heterocycles. The van der Waals surface area contributed by atoms with Crippen LogP contribution < -0.4 is 20.2 Å². The summed E-state index contributed by atoms with van der Waals surface area (Å²) in [5.74, 6) is 1.63. The van der Waals surface area contributed by atoms with E-state index in [4.69, 9.17) is 14.2 Å². The maximum absolute atomic E-state index is 13.2. The molecule has 3 aromatic carbocycles. The highest BCUT2D eigenvalue weighted by molar-refractivity contribution is 6.91. The van der Waals surface area contributed by atoms with Gasteiger partial charge in [-0.15, -0.1) is 5.10 Å². The quantitative estimate of drug-likeness (QED) is 0.206. The number of rotatable bonds is 11. The summed E-state index contributed by atoms with van der Waals surface area (Å²) in [7, 11) is 1.25. The van der Waals surface area contributed by atoms with Crippen LogP contribution in [0.5, 0.6) is 11.5 Å². The van der Waals surface area contributed by atoms with Crippen molar-refractivity contribution in [3.63, 3.8) is 0 Å². The van der Waals surface area contributed by atoms with Gasteiger partial charge in [0, 0.05) is 44.4 Å². The average Bonchev–Trinajstić information content (AvgIpc) is 3.65. The van der Waals surface area contributed by atoms with E-state index in [2.05, 4.69) is 47.6 Å². The third kappa shape index (κ3) is 5.83. The number of ether oxygens (including phenoxy) is 3. The van der Waals surface area contributed by atoms with E-state index in [1.807, 2.05) is 65.5 Å². The molecule has 0 saturated carbocycles. The molecule has 0 spiro atoms. The molecule has 11 heteroatoms. The van der Waals surface area contributed by atoms with Crippen LogP contribution in [0.1, 0.15) is 30.7 Å². The number of aliphatic hydroxyl groups excluding tert-OH is 1. The van der Waals surface area contributed by atoms with Gasteiger partial charge in [0.1, 0.15) is 17.6 Å². The minimum absolute atomic E-state index is 0.0212. The predicted octanol–water partition coefficient (Wildman–Crippen LogP) is 4.61. The van der Waals surface area contributed by atoms with Gasteiger partial charge in [0.2, 0.25) is 0 Å². The highest BCUT2D eigenvalue weighted by Crippen LogP contribution is 2.47. The van der Waals surface area contributed by atoms with Crippen molar-refractivity contribution >= 4 is 24.2 Å². The number of benzene rings is 3. The van der Waals surface area contributed by atoms with Gasteiger partial charge in [0.15, 0.2) is 0 Å². The zero-order valence-corrected chi connectivity index (χ0v) is 27.4. The van der Waals surface area contributed by atoms with Crippen LogP contribution in [0, 0.1) is 5.92 Å². The average molecular weight is 628 g/mol. The number of aryl methyl sites for hydroxylation is 1. The highest BCUT2D eigenvalue weighted by Gasteiger charge is 2.47. The number of aliphatic hydroxyl groups is 1. The first kappa shape index (κ1) is 30.8. The van der Waals surface area contributed by atoms with Crippen molar-refractivity contribution in [3.8, 4) is 17.2 Å². The van der Waals surface area contributed by atoms with Crippen LogP contribution in [0.15, 0.2) is 77.7 Å². The number of methoxy groups -OCH3 is 2. The summed E-state index contributed by atoms with van der Waals surface area (Å²) in [6.07, 6.45) is 2.87. The second-order valence-corrected chi connectivity index (χ2v) is 17.2. The lowest BCUT2D eigenvalue weighted by atomic mass is 9.86. The van der Waals surface area contributed by atoms with Gasteiger partial charge < -0.3 is 19.3 Å². The van der Waals surface area contributed by atoms with Crippen molar-refractivity contribution < 1.29 is 19.3 Å². The molecule has 0 saturated heterocycles. The van der Waals surface area contributed by atoms with E-state index in [1.54, 1.807) is 18.9 Å². The predicted molar refractivity (Wildman–Crippen MR) is 177 cm³/mol. The lowest BCUT2D eigenvalue weighted by Gasteiger charge is -2.46. The van der Waals surface area contributed by atoms with E-state index in [1.165, 1.54) is 5.19 Å². The van der Waals surface area contributed by atoms with Gasteiger partial charge in [-0.2, -0.15) is 0 Å². The topological polar surface area (TPSA) is 116 Å². The molecule has 1 aliphatic rings. The van der Waals surface area contributed by atoms with E-state index in [-0.39, 0.29) is 35.8 Å². The molecule has 0 amide bonds. The Morgan fingerprint density at radius 2 is 1.87 bits per heavy atom. The first-order valence-electron chi connectivity index (χ1n) is 15.4. The second kappa shape index (κ2) is 12.7. The Labute approximate surface area is 263 Å². The maximum atomic E-state index is 13.2. The number of fused-ring (bicyclic) bond motifs is 2. The van der Waals surface area contributed by atoms with Gasteiger partial charge in [-0.25, -0.2) is 4.68 Å². The zero-order valence-electron chi connectivity index (χ0n) is 26.4. The Kier molecular flexibility index (Phi) is 8.67. The number of hydrogen-bond acceptors (Lipinski definition) is 7. The van der Waals surface area contributed by atoms with Crippen molar-refractivity contribution in [2.75, 3.05) is 20.8 Å². The Balaban J connectivity index is 1.36. The van der Waals surface area contributed by atoms with Crippen LogP contribution in [-0.4, -0.2) is 64.9 Å². The van der Waals surface area contributed by atoms with Crippen molar-refractivity contribution in [1.29, 1.82) is 0 Å². The number of nitrogens with zero attached hydrogens (tertiary/aromatic N) is 4. The van der Waals surface area contributed by atoms with Gasteiger partial charge >= 0.3 is 0 Å². The molecule has 6 rings (SSSR count). The summed E-state index contributed by atoms with van der Waals surface area (Å²) in [6, 6.07) is 21.9. The number of para-hydroxylation sites is 1. The van der Waals surface area contributed by atoms with Crippen LogP contribution in [-0.2, 0) is 17.7 Å². The lowest BCUT2D eigenvalue weighted by Crippen LogP contribution is -2.54. The normalized spacial score (nSPS) is 18.8. The van der Waals surface area contributed by atoms with Gasteiger partial charge in [0.05, 0.1) is 43.6 Å². The molecular formula is C34H41N5O5Si. The number of nitrogens with one attached hydrogen (secondary N) is 1. The summed E-state index contributed by atoms with van der Waals surface area (Å²) in [4.78, 5) is 13.2. The van der Waals surface area contributed by atoms with E-state index >= 15 is 0 Å². The van der Waals surface area contributed by atoms with Crippen molar-refractivity contribution in [3.05, 3.63) is 94.5 Å². The van der Waals surface area contributed by atoms with E-state index in [0.717, 1.165) is 40.4 Å². The fourth-order valence-corrected chi connectivity index (χ4v) is 10.4. The lowest BCUT2D eigenvalue weighted by molar-refractivity contribution is -0.0234. The molecule has 1 aliphatic heterocycles. The van der Waals surface area contributed by atoms with Gasteiger partial charge in [-0.1, -0.05) is 54.7 Å². The summed E-state index contributed by atoms with van der Waals surface area (Å²) in [5.41, 5.74) is 3.33. The van der Waals surface area contributed by atoms with Gasteiger partial charge in [0.25, 0.3) is 5.56 Å². The molecule has 2 N–H and O–H groups in total. The zero-order chi connectivity index (χ0) is 31.7. The van der Waals surface area contributed by atoms with Crippen molar-refractivity contribution in [1.82, 2.24) is 24.8 Å². The number of H-pyrrole nitrogens is 1. The Bertz CT molecular complexity index is 1830. The molecule has 4 atom stereocenters. The smallest absolute Gasteiger partial charge is 0.279 e. The van der Waals surface area contributed by atoms with E-state index in [9.17, 15) is 9.90 Å². The minimum Gasteiger partial charge on any atom is -0.497 e. The van der Waals surface area contributed by atoms with Gasteiger partial charge in [-0.3, -0.25) is 14.6 Å². The summed E-state index contributed by atoms with van der Waals surface area (Å²) in [5, 5.41) is 23.1. The van der Waals surface area contributed by atoms with E-state index < -0.39 is 8.07 Å². The SMILES string of the molecule is COc1ccc([Si](C)(C)C(CCn2cc(CCO)nn2)[C@@H]2Oc3ccc(-n4[nH]c5ccccc5c4=O)cc3[C@H](OC)[C@H]2C)cc1. The van der Waals surface area contributed by atoms with Crippen LogP contribution in [0.3, 0.4) is 0 Å². The molecule has 0 bridgehead atoms. The van der Waals surface area contributed by atoms with Crippen LogP contribution >= 0.6 is 0 Å². The molecule has 0 fully saturated rings. The molecular weight excluding hydrogens is 586 g/mol. The molecule has 45 heavy (non-hydrogen) atoms. The number of aromatic nitrogens is 5. The van der Waals surface area contributed by atoms with Gasteiger partial charge in [-0.05, 0) is 54.4 Å². The fourth-order valence-electron chi connectivity index (χ4n) is 6.86. The number of hydrogen-bond donors (Lipinski definition) is 2. The fraction of sp³-hybridized carbons (Fsp3) is 0.382. The maximum Gasteiger partial charge on any atom is 0.279 e. The standard InChI is InChI=1S/C34H41N5O5Si/c1-22-32(43-3)28-20-24(39-34(41)27-8-6-7-9-29(27)36-39)10-15-30(28)44-33(22)31(16-18-38-21-23(17-19-40)35-37-38)45(4,5)26-13-11-25(42-2)12-14-26/h6-15,20-22,31-33,36,40H,16-19H2,1-5H3/t22-,31?,32-,33-/m1/s1. The summed E-state index contributed by atoms with van der Waals surface area (Å²) >= 11 is 0. The monoisotopic (exact) mass is 627 g/mol. The third-order valence-electron chi connectivity index (χ3n) is 9.44. The number of aromatic amines is 1. The highest BCUT2D eigenvalue weighted by atomic mass is 28.3. The van der Waals surface area contributed by atoms with Crippen molar-refractivity contribution in [2.24, 2.45) is 5.92 Å². The molecule has 0 aliphatic carbocycles.